The molecule has 0 radical (unpaired) electrons. The number of thioether (sulfide) groups is 1. The molecule has 0 fully saturated rings. The van der Waals surface area contributed by atoms with Gasteiger partial charge in [0, 0.05) is 31.4 Å². The van der Waals surface area contributed by atoms with Gasteiger partial charge in [-0.05, 0) is 46.6 Å². The fourth-order valence-corrected chi connectivity index (χ4v) is 3.98. The Balaban J connectivity index is 1.83. The first kappa shape index (κ1) is 14.1. The standard InChI is InChI=1S/C13H13BrFNS2/c14-9-4-13(17-7-9)6-11(16)8-18-12-3-1-2-10(15)5-12/h1-5,7,11H,6,8,16H2. The summed E-state index contributed by atoms with van der Waals surface area (Å²) in [6, 6.07) is 8.80. The minimum atomic E-state index is -0.198. The van der Waals surface area contributed by atoms with Crippen molar-refractivity contribution in [2.45, 2.75) is 17.4 Å². The van der Waals surface area contributed by atoms with E-state index in [0.717, 1.165) is 21.5 Å². The van der Waals surface area contributed by atoms with Crippen molar-refractivity contribution in [3.8, 4) is 0 Å². The van der Waals surface area contributed by atoms with Crippen molar-refractivity contribution < 1.29 is 4.39 Å². The van der Waals surface area contributed by atoms with Gasteiger partial charge in [-0.3, -0.25) is 0 Å². The van der Waals surface area contributed by atoms with Crippen molar-refractivity contribution in [3.05, 3.63) is 50.9 Å². The molecule has 0 aliphatic heterocycles. The molecular weight excluding hydrogens is 333 g/mol. The van der Waals surface area contributed by atoms with Crippen molar-refractivity contribution in [2.24, 2.45) is 5.73 Å². The smallest absolute Gasteiger partial charge is 0.124 e. The Morgan fingerprint density at radius 2 is 2.22 bits per heavy atom. The number of thiophene rings is 1. The molecule has 2 rings (SSSR count). The van der Waals surface area contributed by atoms with Gasteiger partial charge in [0.05, 0.1) is 0 Å². The third kappa shape index (κ3) is 4.39. The maximum Gasteiger partial charge on any atom is 0.124 e. The lowest BCUT2D eigenvalue weighted by Gasteiger charge is -2.09. The van der Waals surface area contributed by atoms with E-state index in [2.05, 4.69) is 27.4 Å². The third-order valence-electron chi connectivity index (χ3n) is 2.35. The topological polar surface area (TPSA) is 26.0 Å². The Morgan fingerprint density at radius 3 is 2.89 bits per heavy atom. The number of rotatable bonds is 5. The average molecular weight is 346 g/mol. The van der Waals surface area contributed by atoms with Crippen molar-refractivity contribution in [1.82, 2.24) is 0 Å². The van der Waals surface area contributed by atoms with Gasteiger partial charge in [0.15, 0.2) is 0 Å². The Hall–Kier alpha value is -0.360. The van der Waals surface area contributed by atoms with E-state index in [1.165, 1.54) is 10.9 Å². The van der Waals surface area contributed by atoms with Crippen LogP contribution < -0.4 is 5.73 Å². The quantitative estimate of drug-likeness (QED) is 0.817. The lowest BCUT2D eigenvalue weighted by molar-refractivity contribution is 0.624. The van der Waals surface area contributed by atoms with Crippen LogP contribution >= 0.6 is 39.0 Å². The first-order chi connectivity index (χ1) is 8.63. The van der Waals surface area contributed by atoms with Crippen LogP contribution in [0.25, 0.3) is 0 Å². The van der Waals surface area contributed by atoms with Crippen LogP contribution in [-0.4, -0.2) is 11.8 Å². The highest BCUT2D eigenvalue weighted by Crippen LogP contribution is 2.23. The van der Waals surface area contributed by atoms with Gasteiger partial charge in [-0.15, -0.1) is 23.1 Å². The van der Waals surface area contributed by atoms with Crippen LogP contribution in [0.4, 0.5) is 4.39 Å². The summed E-state index contributed by atoms with van der Waals surface area (Å²) in [5.41, 5.74) is 6.08. The zero-order valence-electron chi connectivity index (χ0n) is 9.61. The molecule has 1 aromatic heterocycles. The highest BCUT2D eigenvalue weighted by molar-refractivity contribution is 9.10. The highest BCUT2D eigenvalue weighted by Gasteiger charge is 2.07. The summed E-state index contributed by atoms with van der Waals surface area (Å²) in [7, 11) is 0. The van der Waals surface area contributed by atoms with Gasteiger partial charge in [-0.1, -0.05) is 6.07 Å². The Labute approximate surface area is 123 Å². The molecule has 0 saturated carbocycles. The second kappa shape index (κ2) is 6.70. The zero-order chi connectivity index (χ0) is 13.0. The molecule has 0 amide bonds. The normalized spacial score (nSPS) is 12.6. The molecule has 1 aromatic carbocycles. The molecule has 96 valence electrons. The van der Waals surface area contributed by atoms with Gasteiger partial charge in [0.2, 0.25) is 0 Å². The second-order valence-corrected chi connectivity index (χ2v) is 6.97. The highest BCUT2D eigenvalue weighted by atomic mass is 79.9. The SMILES string of the molecule is NC(CSc1cccc(F)c1)Cc1cc(Br)cs1. The van der Waals surface area contributed by atoms with Crippen molar-refractivity contribution in [2.75, 3.05) is 5.75 Å². The molecule has 0 saturated heterocycles. The molecule has 1 unspecified atom stereocenters. The molecule has 1 atom stereocenters. The number of benzene rings is 1. The summed E-state index contributed by atoms with van der Waals surface area (Å²) in [5.74, 6) is 0.592. The van der Waals surface area contributed by atoms with E-state index in [1.807, 2.05) is 6.07 Å². The van der Waals surface area contributed by atoms with Crippen LogP contribution in [0.1, 0.15) is 4.88 Å². The summed E-state index contributed by atoms with van der Waals surface area (Å²) >= 11 is 6.73. The minimum Gasteiger partial charge on any atom is -0.327 e. The van der Waals surface area contributed by atoms with Gasteiger partial charge >= 0.3 is 0 Å². The second-order valence-electron chi connectivity index (χ2n) is 3.96. The summed E-state index contributed by atoms with van der Waals surface area (Å²) in [6.07, 6.45) is 0.860. The summed E-state index contributed by atoms with van der Waals surface area (Å²) < 4.78 is 14.1. The zero-order valence-corrected chi connectivity index (χ0v) is 12.8. The molecule has 1 nitrogen and oxygen atoms in total. The molecular formula is C13H13BrFNS2. The van der Waals surface area contributed by atoms with E-state index in [9.17, 15) is 4.39 Å². The van der Waals surface area contributed by atoms with E-state index in [4.69, 9.17) is 5.73 Å². The van der Waals surface area contributed by atoms with E-state index in [-0.39, 0.29) is 11.9 Å². The number of halogens is 2. The lowest BCUT2D eigenvalue weighted by atomic mass is 10.2. The maximum atomic E-state index is 13.0. The lowest BCUT2D eigenvalue weighted by Crippen LogP contribution is -2.25. The molecule has 1 heterocycles. The molecule has 2 aromatic rings. The van der Waals surface area contributed by atoms with Gasteiger partial charge in [-0.2, -0.15) is 0 Å². The Morgan fingerprint density at radius 1 is 1.39 bits per heavy atom. The van der Waals surface area contributed by atoms with Crippen LogP contribution in [0.5, 0.6) is 0 Å². The minimum absolute atomic E-state index is 0.0869. The van der Waals surface area contributed by atoms with Gasteiger partial charge in [0.25, 0.3) is 0 Å². The van der Waals surface area contributed by atoms with Crippen molar-refractivity contribution in [1.29, 1.82) is 0 Å². The molecule has 5 heteroatoms. The third-order valence-corrected chi connectivity index (χ3v) is 5.25. The number of nitrogens with two attached hydrogens (primary N) is 1. The van der Waals surface area contributed by atoms with Crippen LogP contribution in [0, 0.1) is 5.82 Å². The van der Waals surface area contributed by atoms with Crippen LogP contribution in [0.2, 0.25) is 0 Å². The predicted octanol–water partition coefficient (Wildman–Crippen LogP) is 4.31. The van der Waals surface area contributed by atoms with Gasteiger partial charge < -0.3 is 5.73 Å². The fourth-order valence-electron chi connectivity index (χ4n) is 1.54. The maximum absolute atomic E-state index is 13.0. The predicted molar refractivity (Wildman–Crippen MR) is 80.8 cm³/mol. The summed E-state index contributed by atoms with van der Waals surface area (Å²) in [6.45, 7) is 0. The molecule has 0 spiro atoms. The Bertz CT molecular complexity index is 515. The van der Waals surface area contributed by atoms with E-state index in [0.29, 0.717) is 0 Å². The van der Waals surface area contributed by atoms with Crippen LogP contribution in [0.15, 0.2) is 45.1 Å². The van der Waals surface area contributed by atoms with Crippen LogP contribution in [0.3, 0.4) is 0 Å². The summed E-state index contributed by atoms with van der Waals surface area (Å²) in [4.78, 5) is 2.20. The fraction of sp³-hybridized carbons (Fsp3) is 0.231. The molecule has 0 aliphatic rings. The largest absolute Gasteiger partial charge is 0.327 e. The molecule has 18 heavy (non-hydrogen) atoms. The number of hydrogen-bond donors (Lipinski definition) is 1. The Kier molecular flexibility index (Phi) is 5.24. The summed E-state index contributed by atoms with van der Waals surface area (Å²) in [5, 5.41) is 2.06. The number of hydrogen-bond acceptors (Lipinski definition) is 3. The van der Waals surface area contributed by atoms with E-state index >= 15 is 0 Å². The monoisotopic (exact) mass is 345 g/mol. The van der Waals surface area contributed by atoms with Gasteiger partial charge in [-0.25, -0.2) is 4.39 Å². The molecule has 2 N–H and O–H groups in total. The van der Waals surface area contributed by atoms with Gasteiger partial charge in [0.1, 0.15) is 5.82 Å². The first-order valence-electron chi connectivity index (χ1n) is 5.50. The van der Waals surface area contributed by atoms with Crippen molar-refractivity contribution >= 4 is 39.0 Å². The van der Waals surface area contributed by atoms with E-state index in [1.54, 1.807) is 35.2 Å². The molecule has 0 aliphatic carbocycles. The van der Waals surface area contributed by atoms with E-state index < -0.39 is 0 Å². The van der Waals surface area contributed by atoms with Crippen molar-refractivity contribution in [3.63, 3.8) is 0 Å². The van der Waals surface area contributed by atoms with Crippen LogP contribution in [-0.2, 0) is 6.42 Å². The molecule has 0 bridgehead atoms. The average Bonchev–Trinajstić information content (AvgIpc) is 2.72. The first-order valence-corrected chi connectivity index (χ1v) is 8.16.